The van der Waals surface area contributed by atoms with Crippen LogP contribution in [0.2, 0.25) is 0 Å². The number of nitrogens with zero attached hydrogens (tertiary/aromatic N) is 1. The van der Waals surface area contributed by atoms with Crippen molar-refractivity contribution in [2.24, 2.45) is 5.92 Å². The molecule has 0 aromatic carbocycles. The van der Waals surface area contributed by atoms with Gasteiger partial charge in [0.15, 0.2) is 0 Å². The minimum atomic E-state index is -3.33. The Morgan fingerprint density at radius 2 is 2.31 bits per heavy atom. The fourth-order valence-electron chi connectivity index (χ4n) is 1.85. The Balaban J connectivity index is 2.20. The van der Waals surface area contributed by atoms with Gasteiger partial charge in [0, 0.05) is 13.1 Å². The zero-order valence-electron chi connectivity index (χ0n) is 9.04. The van der Waals surface area contributed by atoms with Crippen LogP contribution in [0.4, 0.5) is 0 Å². The smallest absolute Gasteiger partial charge is 0.252 e. The van der Waals surface area contributed by atoms with Gasteiger partial charge in [0.25, 0.3) is 10.0 Å². The van der Waals surface area contributed by atoms with Crippen LogP contribution >= 0.6 is 11.3 Å². The Kier molecular flexibility index (Phi) is 3.34. The Hall–Kier alpha value is -0.430. The van der Waals surface area contributed by atoms with Gasteiger partial charge in [-0.25, -0.2) is 8.42 Å². The van der Waals surface area contributed by atoms with E-state index in [1.807, 2.05) is 6.92 Å². The van der Waals surface area contributed by atoms with Crippen molar-refractivity contribution in [3.8, 4) is 0 Å². The van der Waals surface area contributed by atoms with Crippen LogP contribution in [-0.2, 0) is 10.0 Å². The molecule has 1 aliphatic rings. The number of sulfonamides is 1. The van der Waals surface area contributed by atoms with Crippen LogP contribution in [0, 0.1) is 5.92 Å². The molecule has 2 rings (SSSR count). The van der Waals surface area contributed by atoms with Gasteiger partial charge < -0.3 is 5.11 Å². The second-order valence-corrected chi connectivity index (χ2v) is 7.24. The summed E-state index contributed by atoms with van der Waals surface area (Å²) < 4.78 is 26.2. The molecule has 1 aromatic heterocycles. The van der Waals surface area contributed by atoms with Gasteiger partial charge in [-0.1, -0.05) is 13.0 Å². The Labute approximate surface area is 99.6 Å². The molecule has 90 valence electrons. The van der Waals surface area contributed by atoms with Gasteiger partial charge in [-0.05, 0) is 23.8 Å². The largest absolute Gasteiger partial charge is 0.393 e. The predicted octanol–water partition coefficient (Wildman–Crippen LogP) is 1.14. The van der Waals surface area contributed by atoms with Crippen molar-refractivity contribution >= 4 is 21.4 Å². The molecule has 6 heteroatoms. The van der Waals surface area contributed by atoms with Gasteiger partial charge in [0.05, 0.1) is 6.10 Å². The molecular weight excluding hydrogens is 246 g/mol. The van der Waals surface area contributed by atoms with Crippen molar-refractivity contribution in [1.29, 1.82) is 0 Å². The molecule has 0 bridgehead atoms. The van der Waals surface area contributed by atoms with Crippen molar-refractivity contribution in [1.82, 2.24) is 4.31 Å². The summed E-state index contributed by atoms with van der Waals surface area (Å²) in [5, 5.41) is 11.3. The van der Waals surface area contributed by atoms with E-state index in [1.54, 1.807) is 17.5 Å². The molecule has 1 aromatic rings. The zero-order valence-corrected chi connectivity index (χ0v) is 10.7. The number of thiophene rings is 1. The van der Waals surface area contributed by atoms with Crippen LogP contribution in [-0.4, -0.2) is 37.0 Å². The van der Waals surface area contributed by atoms with Crippen molar-refractivity contribution in [2.75, 3.05) is 13.1 Å². The van der Waals surface area contributed by atoms with E-state index in [1.165, 1.54) is 15.6 Å². The average molecular weight is 261 g/mol. The van der Waals surface area contributed by atoms with Gasteiger partial charge in [0.2, 0.25) is 0 Å². The number of hydrogen-bond donors (Lipinski definition) is 1. The van der Waals surface area contributed by atoms with E-state index < -0.39 is 10.0 Å². The molecule has 0 aliphatic carbocycles. The first-order valence-electron chi connectivity index (χ1n) is 5.23. The number of aliphatic hydroxyl groups excluding tert-OH is 1. The van der Waals surface area contributed by atoms with Gasteiger partial charge in [-0.15, -0.1) is 11.3 Å². The topological polar surface area (TPSA) is 57.6 Å². The van der Waals surface area contributed by atoms with Crippen LogP contribution < -0.4 is 0 Å². The van der Waals surface area contributed by atoms with Crippen LogP contribution in [0.1, 0.15) is 13.3 Å². The molecule has 4 nitrogen and oxygen atoms in total. The number of rotatable bonds is 2. The molecule has 16 heavy (non-hydrogen) atoms. The SMILES string of the molecule is CC1CN(S(=O)(=O)c2cccs2)CCC1O. The molecule has 0 radical (unpaired) electrons. The Bertz CT molecular complexity index is 441. The zero-order chi connectivity index (χ0) is 11.8. The van der Waals surface area contributed by atoms with E-state index in [4.69, 9.17) is 0 Å². The van der Waals surface area contributed by atoms with E-state index in [-0.39, 0.29) is 12.0 Å². The fraction of sp³-hybridized carbons (Fsp3) is 0.600. The molecule has 1 saturated heterocycles. The third-order valence-electron chi connectivity index (χ3n) is 2.91. The summed E-state index contributed by atoms with van der Waals surface area (Å²) in [4.78, 5) is 0. The summed E-state index contributed by atoms with van der Waals surface area (Å²) in [5.74, 6) is 0.00323. The monoisotopic (exact) mass is 261 g/mol. The van der Waals surface area contributed by atoms with E-state index >= 15 is 0 Å². The number of aliphatic hydroxyl groups is 1. The summed E-state index contributed by atoms with van der Waals surface area (Å²) >= 11 is 1.23. The second kappa shape index (κ2) is 4.44. The van der Waals surface area contributed by atoms with Crippen molar-refractivity contribution < 1.29 is 13.5 Å². The maximum absolute atomic E-state index is 12.2. The Morgan fingerprint density at radius 1 is 1.56 bits per heavy atom. The van der Waals surface area contributed by atoms with E-state index in [2.05, 4.69) is 0 Å². The van der Waals surface area contributed by atoms with Crippen molar-refractivity contribution in [3.05, 3.63) is 17.5 Å². The highest BCUT2D eigenvalue weighted by atomic mass is 32.2. The third kappa shape index (κ3) is 2.15. The van der Waals surface area contributed by atoms with Gasteiger partial charge >= 0.3 is 0 Å². The maximum atomic E-state index is 12.2. The highest BCUT2D eigenvalue weighted by Crippen LogP contribution is 2.26. The van der Waals surface area contributed by atoms with E-state index in [9.17, 15) is 13.5 Å². The van der Waals surface area contributed by atoms with Gasteiger partial charge in [-0.2, -0.15) is 4.31 Å². The molecular formula is C10H15NO3S2. The Morgan fingerprint density at radius 3 is 2.88 bits per heavy atom. The van der Waals surface area contributed by atoms with Crippen molar-refractivity contribution in [3.63, 3.8) is 0 Å². The molecule has 1 aliphatic heterocycles. The average Bonchev–Trinajstić information content (AvgIpc) is 2.75. The standard InChI is InChI=1S/C10H15NO3S2/c1-8-7-11(5-4-9(8)12)16(13,14)10-3-2-6-15-10/h2-3,6,8-9,12H,4-5,7H2,1H3. The molecule has 0 spiro atoms. The lowest BCUT2D eigenvalue weighted by Crippen LogP contribution is -2.44. The maximum Gasteiger partial charge on any atom is 0.252 e. The first-order valence-corrected chi connectivity index (χ1v) is 7.55. The quantitative estimate of drug-likeness (QED) is 0.868. The highest BCUT2D eigenvalue weighted by Gasteiger charge is 2.32. The molecule has 2 unspecified atom stereocenters. The number of hydrogen-bond acceptors (Lipinski definition) is 4. The highest BCUT2D eigenvalue weighted by molar-refractivity contribution is 7.91. The molecule has 1 fully saturated rings. The lowest BCUT2D eigenvalue weighted by Gasteiger charge is -2.33. The van der Waals surface area contributed by atoms with Crippen LogP contribution in [0.3, 0.4) is 0 Å². The second-order valence-electron chi connectivity index (χ2n) is 4.13. The van der Waals surface area contributed by atoms with Crippen LogP contribution in [0.5, 0.6) is 0 Å². The first-order chi connectivity index (χ1) is 7.51. The summed E-state index contributed by atoms with van der Waals surface area (Å²) in [6.45, 7) is 2.69. The van der Waals surface area contributed by atoms with Crippen LogP contribution in [0.15, 0.2) is 21.7 Å². The lowest BCUT2D eigenvalue weighted by molar-refractivity contribution is 0.0629. The normalized spacial score (nSPS) is 28.1. The minimum Gasteiger partial charge on any atom is -0.393 e. The van der Waals surface area contributed by atoms with Crippen molar-refractivity contribution in [2.45, 2.75) is 23.7 Å². The van der Waals surface area contributed by atoms with E-state index in [0.717, 1.165) is 0 Å². The van der Waals surface area contributed by atoms with Gasteiger partial charge in [0.1, 0.15) is 4.21 Å². The summed E-state index contributed by atoms with van der Waals surface area (Å²) in [5.41, 5.74) is 0. The van der Waals surface area contributed by atoms with Gasteiger partial charge in [-0.3, -0.25) is 0 Å². The summed E-state index contributed by atoms with van der Waals surface area (Å²) in [7, 11) is -3.33. The summed E-state index contributed by atoms with van der Waals surface area (Å²) in [6, 6.07) is 3.36. The van der Waals surface area contributed by atoms with Crippen LogP contribution in [0.25, 0.3) is 0 Å². The van der Waals surface area contributed by atoms with E-state index in [0.29, 0.717) is 23.7 Å². The molecule has 2 heterocycles. The molecule has 1 N–H and O–H groups in total. The third-order valence-corrected chi connectivity index (χ3v) is 6.15. The molecule has 0 saturated carbocycles. The molecule has 2 atom stereocenters. The summed E-state index contributed by atoms with van der Waals surface area (Å²) in [6.07, 6.45) is 0.140. The molecule has 0 amide bonds. The lowest BCUT2D eigenvalue weighted by atomic mass is 9.99. The fourth-order valence-corrected chi connectivity index (χ4v) is 4.55. The number of piperidine rings is 1. The minimum absolute atomic E-state index is 0.00323. The predicted molar refractivity (Wildman–Crippen MR) is 62.9 cm³/mol. The first kappa shape index (κ1) is 12.0.